The van der Waals surface area contributed by atoms with E-state index in [9.17, 15) is 4.79 Å². The molecule has 162 valence electrons. The van der Waals surface area contributed by atoms with Crippen LogP contribution in [0.4, 0.5) is 5.69 Å². The lowest BCUT2D eigenvalue weighted by Gasteiger charge is -2.37. The van der Waals surface area contributed by atoms with E-state index in [0.29, 0.717) is 5.02 Å². The van der Waals surface area contributed by atoms with Crippen LogP contribution in [0.3, 0.4) is 0 Å². The predicted molar refractivity (Wildman–Crippen MR) is 129 cm³/mol. The molecule has 1 amide bonds. The molecule has 3 aromatic carbocycles. The molecule has 3 aromatic rings. The standard InChI is InChI=1S/C27H30ClNO2/c1-3-19(2)31-25-16-15-24(20-11-5-6-12-21(20)25)29-26(30)27(17-9-4-10-18-27)22-13-7-8-14-23(22)28/h5-8,11-16,19H,3-4,9-10,17-18H2,1-2H3,(H,29,30)/t19-/m0/s1. The maximum Gasteiger partial charge on any atom is 0.235 e. The highest BCUT2D eigenvalue weighted by atomic mass is 35.5. The van der Waals surface area contributed by atoms with Gasteiger partial charge in [-0.05, 0) is 49.9 Å². The van der Waals surface area contributed by atoms with Gasteiger partial charge in [-0.15, -0.1) is 0 Å². The molecule has 1 saturated carbocycles. The van der Waals surface area contributed by atoms with E-state index in [2.05, 4.69) is 19.2 Å². The van der Waals surface area contributed by atoms with Crippen LogP contribution in [-0.2, 0) is 10.2 Å². The van der Waals surface area contributed by atoms with Crippen LogP contribution >= 0.6 is 11.6 Å². The molecule has 0 unspecified atom stereocenters. The first kappa shape index (κ1) is 21.7. The van der Waals surface area contributed by atoms with Crippen LogP contribution in [-0.4, -0.2) is 12.0 Å². The van der Waals surface area contributed by atoms with E-state index in [1.54, 1.807) is 0 Å². The fourth-order valence-electron chi connectivity index (χ4n) is 4.65. The number of anilines is 1. The van der Waals surface area contributed by atoms with Crippen molar-refractivity contribution in [2.45, 2.75) is 63.9 Å². The molecule has 0 aliphatic heterocycles. The van der Waals surface area contributed by atoms with Crippen LogP contribution in [0.1, 0.15) is 57.9 Å². The van der Waals surface area contributed by atoms with Gasteiger partial charge in [-0.1, -0.05) is 80.3 Å². The molecular formula is C27H30ClNO2. The highest BCUT2D eigenvalue weighted by Crippen LogP contribution is 2.44. The smallest absolute Gasteiger partial charge is 0.235 e. The van der Waals surface area contributed by atoms with Crippen molar-refractivity contribution in [2.24, 2.45) is 0 Å². The van der Waals surface area contributed by atoms with Crippen LogP contribution in [0.25, 0.3) is 10.8 Å². The number of carbonyl (C=O) groups is 1. The third kappa shape index (κ3) is 4.29. The third-order valence-electron chi connectivity index (χ3n) is 6.57. The van der Waals surface area contributed by atoms with Gasteiger partial charge in [0.25, 0.3) is 0 Å². The van der Waals surface area contributed by atoms with Gasteiger partial charge in [0.15, 0.2) is 0 Å². The lowest BCUT2D eigenvalue weighted by atomic mass is 9.68. The molecule has 3 nitrogen and oxygen atoms in total. The number of halogens is 1. The first-order valence-corrected chi connectivity index (χ1v) is 11.7. The molecule has 4 heteroatoms. The Morgan fingerprint density at radius 1 is 1.00 bits per heavy atom. The van der Waals surface area contributed by atoms with Gasteiger partial charge in [-0.2, -0.15) is 0 Å². The van der Waals surface area contributed by atoms with E-state index in [4.69, 9.17) is 16.3 Å². The monoisotopic (exact) mass is 435 g/mol. The Balaban J connectivity index is 1.72. The number of ether oxygens (including phenoxy) is 1. The van der Waals surface area contributed by atoms with E-state index in [1.807, 2.05) is 60.7 Å². The zero-order chi connectivity index (χ0) is 21.8. The fourth-order valence-corrected chi connectivity index (χ4v) is 4.97. The molecule has 0 saturated heterocycles. The molecule has 31 heavy (non-hydrogen) atoms. The van der Waals surface area contributed by atoms with Crippen LogP contribution in [0.2, 0.25) is 5.02 Å². The Hall–Kier alpha value is -2.52. The largest absolute Gasteiger partial charge is 0.490 e. The van der Waals surface area contributed by atoms with Gasteiger partial charge in [0.05, 0.1) is 11.5 Å². The number of hydrogen-bond donors (Lipinski definition) is 1. The van der Waals surface area contributed by atoms with Gasteiger partial charge in [-0.25, -0.2) is 0 Å². The second-order valence-electron chi connectivity index (χ2n) is 8.57. The minimum atomic E-state index is -0.594. The van der Waals surface area contributed by atoms with Crippen molar-refractivity contribution in [2.75, 3.05) is 5.32 Å². The summed E-state index contributed by atoms with van der Waals surface area (Å²) >= 11 is 6.58. The van der Waals surface area contributed by atoms with Crippen molar-refractivity contribution in [3.8, 4) is 5.75 Å². The summed E-state index contributed by atoms with van der Waals surface area (Å²) in [6.45, 7) is 4.18. The lowest BCUT2D eigenvalue weighted by molar-refractivity contribution is -0.122. The highest BCUT2D eigenvalue weighted by Gasteiger charge is 2.42. The summed E-state index contributed by atoms with van der Waals surface area (Å²) in [5, 5.41) is 5.93. The topological polar surface area (TPSA) is 38.3 Å². The summed E-state index contributed by atoms with van der Waals surface area (Å²) in [6.07, 6.45) is 5.92. The minimum absolute atomic E-state index is 0.0287. The quantitative estimate of drug-likeness (QED) is 0.435. The summed E-state index contributed by atoms with van der Waals surface area (Å²) in [6, 6.07) is 19.8. The average molecular weight is 436 g/mol. The summed E-state index contributed by atoms with van der Waals surface area (Å²) < 4.78 is 6.13. The Bertz CT molecular complexity index is 1070. The SMILES string of the molecule is CC[C@H](C)Oc1ccc(NC(=O)C2(c3ccccc3Cl)CCCCC2)c2ccccc12. The molecule has 1 aliphatic rings. The lowest BCUT2D eigenvalue weighted by Crippen LogP contribution is -2.42. The van der Waals surface area contributed by atoms with E-state index in [0.717, 1.165) is 66.3 Å². The highest BCUT2D eigenvalue weighted by molar-refractivity contribution is 6.32. The first-order chi connectivity index (χ1) is 15.0. The van der Waals surface area contributed by atoms with E-state index in [-0.39, 0.29) is 12.0 Å². The maximum atomic E-state index is 13.8. The number of nitrogens with one attached hydrogen (secondary N) is 1. The van der Waals surface area contributed by atoms with Crippen LogP contribution in [0.5, 0.6) is 5.75 Å². The van der Waals surface area contributed by atoms with Crippen LogP contribution in [0.15, 0.2) is 60.7 Å². The Labute approximate surface area is 189 Å². The van der Waals surface area contributed by atoms with Gasteiger partial charge in [0, 0.05) is 21.5 Å². The number of carbonyl (C=O) groups excluding carboxylic acids is 1. The molecular weight excluding hydrogens is 406 g/mol. The van der Waals surface area contributed by atoms with Gasteiger partial charge >= 0.3 is 0 Å². The zero-order valence-corrected chi connectivity index (χ0v) is 19.0. The fraction of sp³-hybridized carbons (Fsp3) is 0.370. The Morgan fingerprint density at radius 3 is 2.39 bits per heavy atom. The molecule has 0 bridgehead atoms. The van der Waals surface area contributed by atoms with Gasteiger partial charge in [-0.3, -0.25) is 4.79 Å². The van der Waals surface area contributed by atoms with E-state index >= 15 is 0 Å². The Morgan fingerprint density at radius 2 is 1.68 bits per heavy atom. The Kier molecular flexibility index (Phi) is 6.52. The first-order valence-electron chi connectivity index (χ1n) is 11.3. The van der Waals surface area contributed by atoms with Crippen LogP contribution in [0, 0.1) is 0 Å². The molecule has 1 atom stereocenters. The number of rotatable bonds is 6. The molecule has 0 radical (unpaired) electrons. The number of hydrogen-bond acceptors (Lipinski definition) is 2. The predicted octanol–water partition coefficient (Wildman–Crippen LogP) is 7.51. The third-order valence-corrected chi connectivity index (χ3v) is 6.90. The summed E-state index contributed by atoms with van der Waals surface area (Å²) in [4.78, 5) is 13.8. The van der Waals surface area contributed by atoms with Crippen molar-refractivity contribution in [3.05, 3.63) is 71.2 Å². The molecule has 1 fully saturated rings. The molecule has 1 aliphatic carbocycles. The number of amides is 1. The van der Waals surface area contributed by atoms with Crippen molar-refractivity contribution in [3.63, 3.8) is 0 Å². The van der Waals surface area contributed by atoms with Gasteiger partial charge < -0.3 is 10.1 Å². The molecule has 1 N–H and O–H groups in total. The summed E-state index contributed by atoms with van der Waals surface area (Å²) in [5.41, 5.74) is 1.16. The van der Waals surface area contributed by atoms with E-state index < -0.39 is 5.41 Å². The van der Waals surface area contributed by atoms with Crippen molar-refractivity contribution < 1.29 is 9.53 Å². The number of benzene rings is 3. The maximum absolute atomic E-state index is 13.8. The van der Waals surface area contributed by atoms with Crippen molar-refractivity contribution >= 4 is 34.0 Å². The normalized spacial score (nSPS) is 16.6. The zero-order valence-electron chi connectivity index (χ0n) is 18.3. The van der Waals surface area contributed by atoms with Gasteiger partial charge in [0.2, 0.25) is 5.91 Å². The molecule has 0 aromatic heterocycles. The average Bonchev–Trinajstić information content (AvgIpc) is 2.81. The van der Waals surface area contributed by atoms with Crippen LogP contribution < -0.4 is 10.1 Å². The summed E-state index contributed by atoms with van der Waals surface area (Å²) in [5.74, 6) is 0.877. The molecule has 4 rings (SSSR count). The van der Waals surface area contributed by atoms with Crippen molar-refractivity contribution in [1.29, 1.82) is 0 Å². The van der Waals surface area contributed by atoms with Crippen molar-refractivity contribution in [1.82, 2.24) is 0 Å². The van der Waals surface area contributed by atoms with Gasteiger partial charge in [0.1, 0.15) is 5.75 Å². The second-order valence-corrected chi connectivity index (χ2v) is 8.98. The van der Waals surface area contributed by atoms with E-state index in [1.165, 1.54) is 0 Å². The minimum Gasteiger partial charge on any atom is -0.490 e. The number of fused-ring (bicyclic) bond motifs is 1. The molecule has 0 spiro atoms. The summed E-state index contributed by atoms with van der Waals surface area (Å²) in [7, 11) is 0. The molecule has 0 heterocycles. The second kappa shape index (κ2) is 9.32.